The number of hydrogen-bond acceptors (Lipinski definition) is 5. The van der Waals surface area contributed by atoms with Gasteiger partial charge in [-0.2, -0.15) is 17.0 Å². The van der Waals surface area contributed by atoms with Gasteiger partial charge >= 0.3 is 0 Å². The summed E-state index contributed by atoms with van der Waals surface area (Å²) in [7, 11) is -0.136. The van der Waals surface area contributed by atoms with Crippen molar-refractivity contribution in [3.8, 4) is 0 Å². The highest BCUT2D eigenvalue weighted by Crippen LogP contribution is 2.30. The highest BCUT2D eigenvalue weighted by Gasteiger charge is 2.39. The lowest BCUT2D eigenvalue weighted by Gasteiger charge is -2.36. The zero-order chi connectivity index (χ0) is 18.2. The Hall–Kier alpha value is -1.09. The van der Waals surface area contributed by atoms with Gasteiger partial charge in [0.1, 0.15) is 5.82 Å². The highest BCUT2D eigenvalue weighted by molar-refractivity contribution is 7.86. The molecule has 0 N–H and O–H groups in total. The second-order valence-corrected chi connectivity index (χ2v) is 9.88. The minimum atomic E-state index is -3.35. The van der Waals surface area contributed by atoms with E-state index in [1.807, 2.05) is 12.4 Å². The van der Waals surface area contributed by atoms with E-state index in [1.165, 1.54) is 4.31 Å². The molecule has 3 fully saturated rings. The summed E-state index contributed by atoms with van der Waals surface area (Å²) in [6.45, 7) is 7.09. The molecule has 1 aromatic heterocycles. The van der Waals surface area contributed by atoms with E-state index in [-0.39, 0.29) is 6.04 Å². The predicted octanol–water partition coefficient (Wildman–Crippen LogP) is 1.30. The first-order chi connectivity index (χ1) is 11.8. The Bertz CT molecular complexity index is 689. The molecule has 2 atom stereocenters. The molecule has 0 unspecified atom stereocenters. The molecule has 1 aromatic rings. The first-order valence-electron chi connectivity index (χ1n) is 9.00. The molecular formula is C17H29N5O2S. The molecule has 0 aliphatic carbocycles. The third-order valence-electron chi connectivity index (χ3n) is 5.21. The quantitative estimate of drug-likeness (QED) is 0.785. The van der Waals surface area contributed by atoms with Crippen LogP contribution in [-0.4, -0.2) is 71.7 Å². The van der Waals surface area contributed by atoms with Gasteiger partial charge in [-0.05, 0) is 18.8 Å². The maximum Gasteiger partial charge on any atom is 0.281 e. The topological polar surface area (TPSA) is 69.6 Å². The zero-order valence-corrected chi connectivity index (χ0v) is 16.4. The van der Waals surface area contributed by atoms with E-state index in [0.717, 1.165) is 37.3 Å². The molecule has 140 valence electrons. The minimum Gasteiger partial charge on any atom is -0.294 e. The SMILES string of the molecule is CC(C)c1ncc(CN2C[C@@H]3CC[C@H]2CN(S(=O)(=O)N(C)C)C3)cn1. The molecular weight excluding hydrogens is 338 g/mol. The molecule has 3 aliphatic heterocycles. The number of aromatic nitrogens is 2. The number of fused-ring (bicyclic) bond motifs is 4. The fourth-order valence-corrected chi connectivity index (χ4v) is 4.95. The number of hydrogen-bond donors (Lipinski definition) is 0. The van der Waals surface area contributed by atoms with Gasteiger partial charge in [0.2, 0.25) is 0 Å². The van der Waals surface area contributed by atoms with E-state index < -0.39 is 10.2 Å². The van der Waals surface area contributed by atoms with Gasteiger partial charge in [-0.1, -0.05) is 13.8 Å². The van der Waals surface area contributed by atoms with Crippen molar-refractivity contribution >= 4 is 10.2 Å². The van der Waals surface area contributed by atoms with Crippen LogP contribution in [0.15, 0.2) is 12.4 Å². The number of rotatable bonds is 5. The Labute approximate surface area is 151 Å². The van der Waals surface area contributed by atoms with E-state index in [2.05, 4.69) is 28.7 Å². The first kappa shape index (κ1) is 18.7. The van der Waals surface area contributed by atoms with Crippen LogP contribution in [0.25, 0.3) is 0 Å². The van der Waals surface area contributed by atoms with Crippen molar-refractivity contribution in [3.63, 3.8) is 0 Å². The molecule has 4 rings (SSSR count). The van der Waals surface area contributed by atoms with Crippen molar-refractivity contribution in [3.05, 3.63) is 23.8 Å². The summed E-state index contributed by atoms with van der Waals surface area (Å²) >= 11 is 0. The summed E-state index contributed by atoms with van der Waals surface area (Å²) in [6, 6.07) is 0.262. The summed E-state index contributed by atoms with van der Waals surface area (Å²) in [5.74, 6) is 1.58. The molecule has 0 aromatic carbocycles. The molecule has 7 nitrogen and oxygen atoms in total. The summed E-state index contributed by atoms with van der Waals surface area (Å²) in [5.41, 5.74) is 1.10. The van der Waals surface area contributed by atoms with Gasteiger partial charge in [0.05, 0.1) is 0 Å². The molecule has 4 heterocycles. The summed E-state index contributed by atoms with van der Waals surface area (Å²) < 4.78 is 28.1. The first-order valence-corrected chi connectivity index (χ1v) is 10.4. The molecule has 8 heteroatoms. The molecule has 0 spiro atoms. The Kier molecular flexibility index (Phi) is 5.43. The molecule has 3 saturated heterocycles. The highest BCUT2D eigenvalue weighted by atomic mass is 32.2. The van der Waals surface area contributed by atoms with Gasteiger partial charge in [-0.3, -0.25) is 4.90 Å². The molecule has 0 amide bonds. The maximum atomic E-state index is 12.5. The van der Waals surface area contributed by atoms with Crippen molar-refractivity contribution in [2.45, 2.75) is 45.2 Å². The zero-order valence-electron chi connectivity index (χ0n) is 15.6. The molecule has 0 radical (unpaired) electrons. The standard InChI is InChI=1S/C17H29N5O2S/c1-13(2)17-18-7-15(8-19-17)10-21-9-14-5-6-16(21)12-22(11-14)25(23,24)20(3)4/h7-8,13-14,16H,5-6,9-12H2,1-4H3/t14-,16-/m0/s1. The smallest absolute Gasteiger partial charge is 0.281 e. The Morgan fingerprint density at radius 3 is 2.44 bits per heavy atom. The van der Waals surface area contributed by atoms with E-state index in [4.69, 9.17) is 0 Å². The van der Waals surface area contributed by atoms with Crippen molar-refractivity contribution in [1.29, 1.82) is 0 Å². The Morgan fingerprint density at radius 1 is 1.16 bits per heavy atom. The summed E-state index contributed by atoms with van der Waals surface area (Å²) in [6.07, 6.45) is 5.98. The third-order valence-corrected chi connectivity index (χ3v) is 7.08. The normalized spacial score (nSPS) is 25.7. The lowest BCUT2D eigenvalue weighted by atomic mass is 9.95. The largest absolute Gasteiger partial charge is 0.294 e. The van der Waals surface area contributed by atoms with Crippen LogP contribution in [0.4, 0.5) is 0 Å². The van der Waals surface area contributed by atoms with Gasteiger partial charge in [0.25, 0.3) is 10.2 Å². The third kappa shape index (κ3) is 4.02. The predicted molar refractivity (Wildman–Crippen MR) is 97.2 cm³/mol. The van der Waals surface area contributed by atoms with Crippen LogP contribution in [0, 0.1) is 5.92 Å². The van der Waals surface area contributed by atoms with Crippen molar-refractivity contribution in [2.75, 3.05) is 33.7 Å². The second-order valence-electron chi connectivity index (χ2n) is 7.74. The monoisotopic (exact) mass is 367 g/mol. The van der Waals surface area contributed by atoms with Gasteiger partial charge < -0.3 is 0 Å². The van der Waals surface area contributed by atoms with Gasteiger partial charge in [0.15, 0.2) is 0 Å². The molecule has 0 saturated carbocycles. The van der Waals surface area contributed by atoms with Gasteiger partial charge in [-0.15, -0.1) is 0 Å². The fourth-order valence-electron chi connectivity index (χ4n) is 3.73. The lowest BCUT2D eigenvalue weighted by Crippen LogP contribution is -2.45. The lowest BCUT2D eigenvalue weighted by molar-refractivity contribution is 0.125. The van der Waals surface area contributed by atoms with Crippen molar-refractivity contribution < 1.29 is 8.42 Å². The van der Waals surface area contributed by atoms with Gasteiger partial charge in [-0.25, -0.2) is 9.97 Å². The molecule has 3 aliphatic rings. The summed E-state index contributed by atoms with van der Waals surface area (Å²) in [4.78, 5) is 11.3. The second kappa shape index (κ2) is 7.26. The van der Waals surface area contributed by atoms with Gasteiger partial charge in [0, 0.05) is 70.2 Å². The maximum absolute atomic E-state index is 12.5. The van der Waals surface area contributed by atoms with Crippen molar-refractivity contribution in [2.24, 2.45) is 5.92 Å². The van der Waals surface area contributed by atoms with Crippen molar-refractivity contribution in [1.82, 2.24) is 23.5 Å². The van der Waals surface area contributed by atoms with Crippen LogP contribution >= 0.6 is 0 Å². The van der Waals surface area contributed by atoms with Crippen LogP contribution in [0.3, 0.4) is 0 Å². The van der Waals surface area contributed by atoms with Crippen LogP contribution in [0.2, 0.25) is 0 Å². The Balaban J connectivity index is 1.72. The fraction of sp³-hybridized carbons (Fsp3) is 0.765. The molecule has 2 bridgehead atoms. The van der Waals surface area contributed by atoms with E-state index in [1.54, 1.807) is 18.4 Å². The summed E-state index contributed by atoms with van der Waals surface area (Å²) in [5, 5.41) is 0. The minimum absolute atomic E-state index is 0.262. The van der Waals surface area contributed by atoms with Crippen LogP contribution < -0.4 is 0 Å². The number of piperidine rings is 1. The molecule has 25 heavy (non-hydrogen) atoms. The van der Waals surface area contributed by atoms with E-state index in [0.29, 0.717) is 24.9 Å². The number of nitrogens with zero attached hydrogens (tertiary/aromatic N) is 5. The van der Waals surface area contributed by atoms with Crippen LogP contribution in [0.5, 0.6) is 0 Å². The van der Waals surface area contributed by atoms with Crippen LogP contribution in [0.1, 0.15) is 44.0 Å². The Morgan fingerprint density at radius 2 is 1.84 bits per heavy atom. The average Bonchev–Trinajstić information content (AvgIpc) is 2.87. The van der Waals surface area contributed by atoms with E-state index >= 15 is 0 Å². The van der Waals surface area contributed by atoms with E-state index in [9.17, 15) is 8.42 Å². The average molecular weight is 368 g/mol. The van der Waals surface area contributed by atoms with Crippen LogP contribution in [-0.2, 0) is 16.8 Å².